The Morgan fingerprint density at radius 3 is 2.33 bits per heavy atom. The van der Waals surface area contributed by atoms with Gasteiger partial charge in [0.15, 0.2) is 5.78 Å². The van der Waals surface area contributed by atoms with Crippen molar-refractivity contribution in [3.8, 4) is 0 Å². The van der Waals surface area contributed by atoms with Crippen molar-refractivity contribution < 1.29 is 4.79 Å². The number of carbonyl (C=O) groups excluding carboxylic acids is 1. The van der Waals surface area contributed by atoms with Crippen molar-refractivity contribution in [3.63, 3.8) is 0 Å². The SMILES string of the molecule is O=C(c1ccc(Cl)cc1)C1CC1c1ccccc1. The zero-order chi connectivity index (χ0) is 12.5. The molecule has 1 saturated carbocycles. The van der Waals surface area contributed by atoms with E-state index in [0.29, 0.717) is 10.9 Å². The van der Waals surface area contributed by atoms with Crippen LogP contribution in [-0.2, 0) is 0 Å². The number of rotatable bonds is 3. The van der Waals surface area contributed by atoms with Crippen molar-refractivity contribution in [2.45, 2.75) is 12.3 Å². The molecule has 0 N–H and O–H groups in total. The third kappa shape index (κ3) is 2.19. The van der Waals surface area contributed by atoms with Gasteiger partial charge in [0.05, 0.1) is 0 Å². The van der Waals surface area contributed by atoms with Crippen LogP contribution in [0.2, 0.25) is 5.02 Å². The summed E-state index contributed by atoms with van der Waals surface area (Å²) in [4.78, 5) is 12.3. The molecule has 2 aromatic carbocycles. The Morgan fingerprint density at radius 1 is 1.00 bits per heavy atom. The molecule has 90 valence electrons. The molecule has 2 aromatic rings. The third-order valence-corrected chi connectivity index (χ3v) is 3.74. The summed E-state index contributed by atoms with van der Waals surface area (Å²) in [6.45, 7) is 0. The molecule has 1 aliphatic carbocycles. The lowest BCUT2D eigenvalue weighted by molar-refractivity contribution is 0.0965. The number of Topliss-reactive ketones (excluding diaryl/α,β-unsaturated/α-hetero) is 1. The van der Waals surface area contributed by atoms with E-state index < -0.39 is 0 Å². The van der Waals surface area contributed by atoms with Crippen LogP contribution in [0.3, 0.4) is 0 Å². The average Bonchev–Trinajstić information content (AvgIpc) is 3.20. The van der Waals surface area contributed by atoms with Crippen molar-refractivity contribution in [3.05, 3.63) is 70.7 Å². The Labute approximate surface area is 111 Å². The molecule has 0 saturated heterocycles. The maximum absolute atomic E-state index is 12.3. The summed E-state index contributed by atoms with van der Waals surface area (Å²) in [5, 5.41) is 0.668. The summed E-state index contributed by atoms with van der Waals surface area (Å²) in [7, 11) is 0. The molecule has 1 nitrogen and oxygen atoms in total. The topological polar surface area (TPSA) is 17.1 Å². The van der Waals surface area contributed by atoms with E-state index in [1.54, 1.807) is 12.1 Å². The fourth-order valence-electron chi connectivity index (χ4n) is 2.38. The van der Waals surface area contributed by atoms with E-state index in [2.05, 4.69) is 12.1 Å². The number of halogens is 1. The fraction of sp³-hybridized carbons (Fsp3) is 0.188. The fourth-order valence-corrected chi connectivity index (χ4v) is 2.51. The number of carbonyl (C=O) groups is 1. The van der Waals surface area contributed by atoms with Crippen LogP contribution in [0.1, 0.15) is 28.3 Å². The minimum absolute atomic E-state index is 0.147. The average molecular weight is 257 g/mol. The quantitative estimate of drug-likeness (QED) is 0.747. The van der Waals surface area contributed by atoms with Crippen LogP contribution < -0.4 is 0 Å². The normalized spacial score (nSPS) is 21.6. The van der Waals surface area contributed by atoms with Gasteiger partial charge in [0.2, 0.25) is 0 Å². The molecule has 0 heterocycles. The van der Waals surface area contributed by atoms with Gasteiger partial charge in [0.25, 0.3) is 0 Å². The maximum Gasteiger partial charge on any atom is 0.166 e. The van der Waals surface area contributed by atoms with Crippen LogP contribution in [0, 0.1) is 5.92 Å². The lowest BCUT2D eigenvalue weighted by Gasteiger charge is -2.01. The molecule has 18 heavy (non-hydrogen) atoms. The van der Waals surface area contributed by atoms with Gasteiger partial charge < -0.3 is 0 Å². The second-order valence-corrected chi connectivity index (χ2v) is 5.17. The number of hydrogen-bond donors (Lipinski definition) is 0. The van der Waals surface area contributed by atoms with Gasteiger partial charge in [-0.15, -0.1) is 0 Å². The van der Waals surface area contributed by atoms with Gasteiger partial charge in [-0.3, -0.25) is 4.79 Å². The molecular weight excluding hydrogens is 244 g/mol. The Hall–Kier alpha value is -1.60. The molecule has 1 fully saturated rings. The first-order valence-electron chi connectivity index (χ1n) is 6.10. The van der Waals surface area contributed by atoms with Crippen LogP contribution in [0.15, 0.2) is 54.6 Å². The standard InChI is InChI=1S/C16H13ClO/c17-13-8-6-12(7-9-13)16(18)15-10-14(15)11-4-2-1-3-5-11/h1-9,14-15H,10H2. The van der Waals surface area contributed by atoms with E-state index >= 15 is 0 Å². The van der Waals surface area contributed by atoms with Crippen LogP contribution in [0.5, 0.6) is 0 Å². The Balaban J connectivity index is 1.75. The highest BCUT2D eigenvalue weighted by molar-refractivity contribution is 6.30. The Kier molecular flexibility index (Phi) is 2.92. The maximum atomic E-state index is 12.3. The van der Waals surface area contributed by atoms with Gasteiger partial charge in [-0.2, -0.15) is 0 Å². The second-order valence-electron chi connectivity index (χ2n) is 4.73. The van der Waals surface area contributed by atoms with Crippen LogP contribution in [0.25, 0.3) is 0 Å². The summed E-state index contributed by atoms with van der Waals surface area (Å²) in [5.74, 6) is 0.781. The van der Waals surface area contributed by atoms with E-state index in [9.17, 15) is 4.79 Å². The summed E-state index contributed by atoms with van der Waals surface area (Å²) in [6.07, 6.45) is 0.964. The smallest absolute Gasteiger partial charge is 0.166 e. The molecule has 2 atom stereocenters. The van der Waals surface area contributed by atoms with Gasteiger partial charge in [-0.25, -0.2) is 0 Å². The van der Waals surface area contributed by atoms with Crippen molar-refractivity contribution in [1.82, 2.24) is 0 Å². The predicted molar refractivity (Wildman–Crippen MR) is 73.1 cm³/mol. The zero-order valence-electron chi connectivity index (χ0n) is 9.84. The molecule has 0 radical (unpaired) electrons. The Morgan fingerprint density at radius 2 is 1.67 bits per heavy atom. The first-order chi connectivity index (χ1) is 8.75. The number of ketones is 1. The van der Waals surface area contributed by atoms with Gasteiger partial charge in [-0.05, 0) is 42.2 Å². The monoisotopic (exact) mass is 256 g/mol. The molecule has 2 unspecified atom stereocenters. The molecule has 0 bridgehead atoms. The summed E-state index contributed by atoms with van der Waals surface area (Å²) < 4.78 is 0. The lowest BCUT2D eigenvalue weighted by atomic mass is 10.0. The molecular formula is C16H13ClO. The van der Waals surface area contributed by atoms with Gasteiger partial charge in [0, 0.05) is 16.5 Å². The van der Waals surface area contributed by atoms with Gasteiger partial charge in [0.1, 0.15) is 0 Å². The van der Waals surface area contributed by atoms with Crippen molar-refractivity contribution >= 4 is 17.4 Å². The highest BCUT2D eigenvalue weighted by Crippen LogP contribution is 2.49. The van der Waals surface area contributed by atoms with Crippen molar-refractivity contribution in [2.75, 3.05) is 0 Å². The minimum Gasteiger partial charge on any atom is -0.294 e. The zero-order valence-corrected chi connectivity index (χ0v) is 10.6. The Bertz CT molecular complexity index is 559. The van der Waals surface area contributed by atoms with Crippen LogP contribution in [-0.4, -0.2) is 5.78 Å². The highest BCUT2D eigenvalue weighted by atomic mass is 35.5. The van der Waals surface area contributed by atoms with Gasteiger partial charge >= 0.3 is 0 Å². The van der Waals surface area contributed by atoms with Crippen LogP contribution >= 0.6 is 11.6 Å². The predicted octanol–water partition coefficient (Wildman–Crippen LogP) is 4.33. The van der Waals surface area contributed by atoms with E-state index in [0.717, 1.165) is 12.0 Å². The molecule has 0 aliphatic heterocycles. The van der Waals surface area contributed by atoms with Crippen LogP contribution in [0.4, 0.5) is 0 Å². The first-order valence-corrected chi connectivity index (χ1v) is 6.48. The van der Waals surface area contributed by atoms with Gasteiger partial charge in [-0.1, -0.05) is 41.9 Å². The molecule has 0 aromatic heterocycles. The second kappa shape index (κ2) is 4.58. The number of hydrogen-bond acceptors (Lipinski definition) is 1. The molecule has 3 rings (SSSR count). The van der Waals surface area contributed by atoms with E-state index in [1.807, 2.05) is 30.3 Å². The summed E-state index contributed by atoms with van der Waals surface area (Å²) >= 11 is 5.82. The van der Waals surface area contributed by atoms with E-state index in [-0.39, 0.29) is 11.7 Å². The largest absolute Gasteiger partial charge is 0.294 e. The summed E-state index contributed by atoms with van der Waals surface area (Å²) in [5.41, 5.74) is 2.03. The van der Waals surface area contributed by atoms with E-state index in [1.165, 1.54) is 5.56 Å². The van der Waals surface area contributed by atoms with Crippen molar-refractivity contribution in [2.24, 2.45) is 5.92 Å². The molecule has 0 amide bonds. The first kappa shape index (κ1) is 11.5. The molecule has 1 aliphatic rings. The molecule has 0 spiro atoms. The third-order valence-electron chi connectivity index (χ3n) is 3.48. The minimum atomic E-state index is 0.147. The highest BCUT2D eigenvalue weighted by Gasteiger charge is 2.43. The molecule has 2 heteroatoms. The van der Waals surface area contributed by atoms with E-state index in [4.69, 9.17) is 11.6 Å². The number of benzene rings is 2. The lowest BCUT2D eigenvalue weighted by Crippen LogP contribution is -2.02. The van der Waals surface area contributed by atoms with Crippen molar-refractivity contribution in [1.29, 1.82) is 0 Å². The summed E-state index contributed by atoms with van der Waals surface area (Å²) in [6, 6.07) is 17.4.